The average molecular weight is 319 g/mol. The largest absolute Gasteiger partial charge is 0.394 e. The lowest BCUT2D eigenvalue weighted by Crippen LogP contribution is -2.65. The SMILES string of the molecule is C[C@@H]1COC[C@@](CO)(CNC(=O)c2ccc3cnnn3c2)N1C. The number of aliphatic hydroxyl groups excluding tert-OH is 1. The van der Waals surface area contributed by atoms with Gasteiger partial charge in [-0.15, -0.1) is 5.10 Å². The van der Waals surface area contributed by atoms with Gasteiger partial charge in [0.25, 0.3) is 5.91 Å². The molecule has 0 aromatic carbocycles. The number of carbonyl (C=O) groups excluding carboxylic acids is 1. The number of ether oxygens (including phenoxy) is 1. The van der Waals surface area contributed by atoms with Crippen LogP contribution in [0.4, 0.5) is 0 Å². The van der Waals surface area contributed by atoms with Crippen molar-refractivity contribution in [2.45, 2.75) is 18.5 Å². The van der Waals surface area contributed by atoms with Crippen LogP contribution >= 0.6 is 0 Å². The number of fused-ring (bicyclic) bond motifs is 1. The van der Waals surface area contributed by atoms with Crippen LogP contribution in [0.15, 0.2) is 24.5 Å². The summed E-state index contributed by atoms with van der Waals surface area (Å²) in [6.07, 6.45) is 3.26. The number of nitrogens with zero attached hydrogens (tertiary/aromatic N) is 4. The van der Waals surface area contributed by atoms with Gasteiger partial charge < -0.3 is 15.2 Å². The van der Waals surface area contributed by atoms with Crippen LogP contribution in [0.5, 0.6) is 0 Å². The van der Waals surface area contributed by atoms with Crippen LogP contribution in [0.2, 0.25) is 0 Å². The minimum Gasteiger partial charge on any atom is -0.394 e. The lowest BCUT2D eigenvalue weighted by atomic mass is 9.96. The summed E-state index contributed by atoms with van der Waals surface area (Å²) in [4.78, 5) is 14.5. The molecule has 3 rings (SSSR count). The van der Waals surface area contributed by atoms with Crippen LogP contribution in [0.3, 0.4) is 0 Å². The van der Waals surface area contributed by atoms with Crippen LogP contribution in [0.1, 0.15) is 17.3 Å². The van der Waals surface area contributed by atoms with Gasteiger partial charge in [0.2, 0.25) is 0 Å². The highest BCUT2D eigenvalue weighted by Gasteiger charge is 2.40. The monoisotopic (exact) mass is 319 g/mol. The van der Waals surface area contributed by atoms with Gasteiger partial charge >= 0.3 is 0 Å². The number of pyridine rings is 1. The summed E-state index contributed by atoms with van der Waals surface area (Å²) in [6.45, 7) is 3.25. The summed E-state index contributed by atoms with van der Waals surface area (Å²) in [5.74, 6) is -0.221. The molecule has 2 aromatic heterocycles. The van der Waals surface area contributed by atoms with E-state index in [0.29, 0.717) is 25.3 Å². The molecule has 124 valence electrons. The van der Waals surface area contributed by atoms with E-state index in [1.54, 1.807) is 29.0 Å². The lowest BCUT2D eigenvalue weighted by Gasteiger charge is -2.47. The van der Waals surface area contributed by atoms with E-state index < -0.39 is 5.54 Å². The van der Waals surface area contributed by atoms with Crippen molar-refractivity contribution < 1.29 is 14.6 Å². The van der Waals surface area contributed by atoms with E-state index in [9.17, 15) is 9.90 Å². The Kier molecular flexibility index (Phi) is 4.29. The summed E-state index contributed by atoms with van der Waals surface area (Å²) in [7, 11) is 1.94. The topological polar surface area (TPSA) is 92.0 Å². The van der Waals surface area contributed by atoms with Crippen molar-refractivity contribution in [3.8, 4) is 0 Å². The fraction of sp³-hybridized carbons (Fsp3) is 0.533. The molecule has 8 heteroatoms. The number of likely N-dealkylation sites (N-methyl/N-ethyl adjacent to an activating group) is 1. The minimum absolute atomic E-state index is 0.0871. The predicted octanol–water partition coefficient (Wildman–Crippen LogP) is -0.459. The molecular formula is C15H21N5O3. The summed E-state index contributed by atoms with van der Waals surface area (Å²) >= 11 is 0. The molecule has 2 atom stereocenters. The van der Waals surface area contributed by atoms with Crippen molar-refractivity contribution in [3.63, 3.8) is 0 Å². The summed E-state index contributed by atoms with van der Waals surface area (Å²) in [5, 5.41) is 20.4. The highest BCUT2D eigenvalue weighted by atomic mass is 16.5. The number of hydrogen-bond acceptors (Lipinski definition) is 6. The zero-order valence-corrected chi connectivity index (χ0v) is 13.3. The van der Waals surface area contributed by atoms with Crippen molar-refractivity contribution in [1.82, 2.24) is 25.0 Å². The number of hydrogen-bond donors (Lipinski definition) is 2. The molecule has 0 saturated carbocycles. The van der Waals surface area contributed by atoms with Crippen molar-refractivity contribution in [3.05, 3.63) is 30.1 Å². The maximum atomic E-state index is 12.4. The number of rotatable bonds is 4. The Morgan fingerprint density at radius 1 is 1.57 bits per heavy atom. The van der Waals surface area contributed by atoms with Crippen LogP contribution in [0.25, 0.3) is 5.52 Å². The van der Waals surface area contributed by atoms with Gasteiger partial charge in [-0.25, -0.2) is 4.52 Å². The first-order valence-corrected chi connectivity index (χ1v) is 7.55. The third-order valence-electron chi connectivity index (χ3n) is 4.57. The van der Waals surface area contributed by atoms with Crippen LogP contribution in [-0.4, -0.2) is 75.7 Å². The predicted molar refractivity (Wildman–Crippen MR) is 83.2 cm³/mol. The molecular weight excluding hydrogens is 298 g/mol. The maximum Gasteiger partial charge on any atom is 0.252 e. The summed E-state index contributed by atoms with van der Waals surface area (Å²) in [6, 6.07) is 3.69. The van der Waals surface area contributed by atoms with E-state index in [1.807, 2.05) is 14.0 Å². The average Bonchev–Trinajstić information content (AvgIpc) is 3.04. The van der Waals surface area contributed by atoms with Gasteiger partial charge in [0.05, 0.1) is 42.6 Å². The van der Waals surface area contributed by atoms with E-state index in [1.165, 1.54) is 0 Å². The molecule has 0 unspecified atom stereocenters. The van der Waals surface area contributed by atoms with E-state index >= 15 is 0 Å². The zero-order valence-electron chi connectivity index (χ0n) is 13.3. The smallest absolute Gasteiger partial charge is 0.252 e. The van der Waals surface area contributed by atoms with E-state index in [4.69, 9.17) is 4.74 Å². The normalized spacial score (nSPS) is 25.6. The highest BCUT2D eigenvalue weighted by molar-refractivity contribution is 5.94. The molecule has 23 heavy (non-hydrogen) atoms. The Morgan fingerprint density at radius 2 is 2.39 bits per heavy atom. The quantitative estimate of drug-likeness (QED) is 0.792. The molecule has 1 aliphatic heterocycles. The second kappa shape index (κ2) is 6.23. The first-order chi connectivity index (χ1) is 11.1. The van der Waals surface area contributed by atoms with E-state index in [0.717, 1.165) is 5.52 Å². The van der Waals surface area contributed by atoms with E-state index in [-0.39, 0.29) is 18.6 Å². The second-order valence-corrected chi connectivity index (χ2v) is 6.06. The Labute approximate surface area is 134 Å². The molecule has 2 aromatic rings. The van der Waals surface area contributed by atoms with Crippen molar-refractivity contribution in [2.24, 2.45) is 0 Å². The van der Waals surface area contributed by atoms with E-state index in [2.05, 4.69) is 20.5 Å². The molecule has 0 aliphatic carbocycles. The van der Waals surface area contributed by atoms with Gasteiger partial charge in [0, 0.05) is 18.8 Å². The number of carbonyl (C=O) groups is 1. The number of nitrogens with one attached hydrogen (secondary N) is 1. The minimum atomic E-state index is -0.606. The van der Waals surface area contributed by atoms with Crippen molar-refractivity contribution in [1.29, 1.82) is 0 Å². The molecule has 1 fully saturated rings. The molecule has 0 bridgehead atoms. The van der Waals surface area contributed by atoms with Crippen LogP contribution < -0.4 is 5.32 Å². The van der Waals surface area contributed by atoms with Crippen LogP contribution in [-0.2, 0) is 4.74 Å². The highest BCUT2D eigenvalue weighted by Crippen LogP contribution is 2.21. The zero-order chi connectivity index (χ0) is 16.4. The molecule has 1 saturated heterocycles. The number of aromatic nitrogens is 3. The summed E-state index contributed by atoms with van der Waals surface area (Å²) in [5.41, 5.74) is 0.705. The number of morpholine rings is 1. The van der Waals surface area contributed by atoms with Gasteiger partial charge in [-0.2, -0.15) is 0 Å². The van der Waals surface area contributed by atoms with Gasteiger partial charge in [-0.05, 0) is 26.1 Å². The first kappa shape index (κ1) is 15.9. The molecule has 3 heterocycles. The Bertz CT molecular complexity index is 703. The molecule has 1 amide bonds. The summed E-state index contributed by atoms with van der Waals surface area (Å²) < 4.78 is 7.12. The first-order valence-electron chi connectivity index (χ1n) is 7.55. The Morgan fingerprint density at radius 3 is 3.17 bits per heavy atom. The molecule has 2 N–H and O–H groups in total. The second-order valence-electron chi connectivity index (χ2n) is 6.06. The van der Waals surface area contributed by atoms with Crippen LogP contribution in [0, 0.1) is 0 Å². The third-order valence-corrected chi connectivity index (χ3v) is 4.57. The Hall–Kier alpha value is -2.03. The van der Waals surface area contributed by atoms with Crippen molar-refractivity contribution in [2.75, 3.05) is 33.4 Å². The molecule has 1 aliphatic rings. The van der Waals surface area contributed by atoms with Crippen molar-refractivity contribution >= 4 is 11.4 Å². The Balaban J connectivity index is 1.71. The molecule has 0 spiro atoms. The number of amides is 1. The van der Waals surface area contributed by atoms with Gasteiger partial charge in [-0.1, -0.05) is 5.21 Å². The fourth-order valence-corrected chi connectivity index (χ4v) is 2.79. The third kappa shape index (κ3) is 2.92. The lowest BCUT2D eigenvalue weighted by molar-refractivity contribution is -0.105. The number of aliphatic hydroxyl groups is 1. The van der Waals surface area contributed by atoms with Gasteiger partial charge in [-0.3, -0.25) is 9.69 Å². The molecule has 0 radical (unpaired) electrons. The fourth-order valence-electron chi connectivity index (χ4n) is 2.79. The standard InChI is InChI=1S/C15H21N5O3/c1-11-7-23-10-15(9-21,19(11)2)8-16-14(22)12-3-4-13-5-17-18-20(13)6-12/h3-6,11,21H,7-10H2,1-2H3,(H,16,22)/t11-,15+/m1/s1. The van der Waals surface area contributed by atoms with Gasteiger partial charge in [0.1, 0.15) is 0 Å². The van der Waals surface area contributed by atoms with Gasteiger partial charge in [0.15, 0.2) is 0 Å². The molecule has 8 nitrogen and oxygen atoms in total. The maximum absolute atomic E-state index is 12.4.